The van der Waals surface area contributed by atoms with Gasteiger partial charge in [-0.3, -0.25) is 9.59 Å². The number of ether oxygens (including phenoxy) is 1. The molecule has 0 aliphatic rings. The molecule has 2 aromatic rings. The van der Waals surface area contributed by atoms with Gasteiger partial charge in [-0.2, -0.15) is 0 Å². The minimum Gasteiger partial charge on any atom is -0.481 e. The van der Waals surface area contributed by atoms with Crippen molar-refractivity contribution in [3.63, 3.8) is 0 Å². The molecule has 0 amide bonds. The summed E-state index contributed by atoms with van der Waals surface area (Å²) in [5, 5.41) is 11.1. The van der Waals surface area contributed by atoms with Crippen molar-refractivity contribution in [2.24, 2.45) is 5.92 Å². The fourth-order valence-electron chi connectivity index (χ4n) is 2.10. The largest absolute Gasteiger partial charge is 0.481 e. The van der Waals surface area contributed by atoms with Crippen molar-refractivity contribution < 1.29 is 19.4 Å². The Bertz CT molecular complexity index is 613. The van der Waals surface area contributed by atoms with E-state index in [0.29, 0.717) is 0 Å². The Kier molecular flexibility index (Phi) is 3.80. The molecule has 2 aromatic carbocycles. The maximum atomic E-state index is 11.5. The van der Waals surface area contributed by atoms with Crippen LogP contribution in [0, 0.1) is 5.92 Å². The Morgan fingerprint density at radius 2 is 1.84 bits per heavy atom. The third kappa shape index (κ3) is 2.73. The van der Waals surface area contributed by atoms with Crippen molar-refractivity contribution >= 4 is 22.7 Å². The first kappa shape index (κ1) is 13.1. The number of benzene rings is 2. The molecule has 2 rings (SSSR count). The highest BCUT2D eigenvalue weighted by Gasteiger charge is 2.27. The lowest BCUT2D eigenvalue weighted by atomic mass is 9.95. The van der Waals surface area contributed by atoms with E-state index in [0.717, 1.165) is 16.3 Å². The van der Waals surface area contributed by atoms with Crippen LogP contribution in [0.2, 0.25) is 0 Å². The van der Waals surface area contributed by atoms with Crippen molar-refractivity contribution in [2.45, 2.75) is 6.42 Å². The summed E-state index contributed by atoms with van der Waals surface area (Å²) in [5.41, 5.74) is 0.830. The molecule has 0 aliphatic heterocycles. The van der Waals surface area contributed by atoms with E-state index in [-0.39, 0.29) is 6.42 Å². The van der Waals surface area contributed by atoms with Gasteiger partial charge in [-0.05, 0) is 22.8 Å². The third-order valence-electron chi connectivity index (χ3n) is 3.09. The highest BCUT2D eigenvalue weighted by atomic mass is 16.5. The van der Waals surface area contributed by atoms with Gasteiger partial charge in [0.2, 0.25) is 0 Å². The van der Waals surface area contributed by atoms with Crippen molar-refractivity contribution in [2.75, 3.05) is 7.11 Å². The highest BCUT2D eigenvalue weighted by Crippen LogP contribution is 2.21. The number of carbonyl (C=O) groups excluding carboxylic acids is 1. The first-order chi connectivity index (χ1) is 9.13. The second-order valence-corrected chi connectivity index (χ2v) is 4.26. The van der Waals surface area contributed by atoms with E-state index < -0.39 is 17.9 Å². The maximum Gasteiger partial charge on any atom is 0.320 e. The second kappa shape index (κ2) is 5.52. The van der Waals surface area contributed by atoms with Crippen LogP contribution >= 0.6 is 0 Å². The Hall–Kier alpha value is -2.36. The normalized spacial score (nSPS) is 12.1. The van der Waals surface area contributed by atoms with Gasteiger partial charge in [-0.15, -0.1) is 0 Å². The second-order valence-electron chi connectivity index (χ2n) is 4.26. The number of rotatable bonds is 4. The molecule has 0 saturated carbocycles. The van der Waals surface area contributed by atoms with Gasteiger partial charge >= 0.3 is 11.9 Å². The third-order valence-corrected chi connectivity index (χ3v) is 3.09. The van der Waals surface area contributed by atoms with Crippen molar-refractivity contribution in [3.05, 3.63) is 48.0 Å². The van der Waals surface area contributed by atoms with E-state index in [1.54, 1.807) is 0 Å². The first-order valence-electron chi connectivity index (χ1n) is 5.90. The number of esters is 1. The smallest absolute Gasteiger partial charge is 0.320 e. The molecule has 19 heavy (non-hydrogen) atoms. The molecule has 0 spiro atoms. The van der Waals surface area contributed by atoms with Gasteiger partial charge in [0, 0.05) is 0 Å². The molecule has 0 radical (unpaired) electrons. The Balaban J connectivity index is 2.39. The number of fused-ring (bicyclic) bond motifs is 1. The number of hydrogen-bond donors (Lipinski definition) is 1. The lowest BCUT2D eigenvalue weighted by Crippen LogP contribution is -2.27. The van der Waals surface area contributed by atoms with Crippen molar-refractivity contribution in [1.29, 1.82) is 0 Å². The topological polar surface area (TPSA) is 63.6 Å². The standard InChI is InChI=1S/C15H14O4/c1-19-15(18)13(14(16)17)9-11-7-4-6-10-5-2-3-8-12(10)11/h2-8,13H,9H2,1H3,(H,16,17). The minimum absolute atomic E-state index is 0.128. The molecule has 4 heteroatoms. The van der Waals surface area contributed by atoms with Crippen molar-refractivity contribution in [1.82, 2.24) is 0 Å². The van der Waals surface area contributed by atoms with Crippen molar-refractivity contribution in [3.8, 4) is 0 Å². The Morgan fingerprint density at radius 3 is 2.53 bits per heavy atom. The van der Waals surface area contributed by atoms with E-state index in [9.17, 15) is 9.59 Å². The van der Waals surface area contributed by atoms with Crippen LogP contribution in [0.4, 0.5) is 0 Å². The van der Waals surface area contributed by atoms with E-state index in [4.69, 9.17) is 5.11 Å². The van der Waals surface area contributed by atoms with Gasteiger partial charge in [0.05, 0.1) is 7.11 Å². The maximum absolute atomic E-state index is 11.5. The summed E-state index contributed by atoms with van der Waals surface area (Å²) in [4.78, 5) is 22.6. The van der Waals surface area contributed by atoms with E-state index >= 15 is 0 Å². The van der Waals surface area contributed by atoms with Gasteiger partial charge < -0.3 is 9.84 Å². The number of aliphatic carboxylic acids is 1. The average Bonchev–Trinajstić information content (AvgIpc) is 2.43. The van der Waals surface area contributed by atoms with Crippen LogP contribution in [0.25, 0.3) is 10.8 Å². The highest BCUT2D eigenvalue weighted by molar-refractivity contribution is 5.95. The number of carboxylic acids is 1. The fourth-order valence-corrected chi connectivity index (χ4v) is 2.10. The molecule has 0 aliphatic carbocycles. The van der Waals surface area contributed by atoms with Gasteiger partial charge in [-0.25, -0.2) is 0 Å². The number of methoxy groups -OCH3 is 1. The number of carbonyl (C=O) groups is 2. The average molecular weight is 258 g/mol. The van der Waals surface area contributed by atoms with Gasteiger partial charge in [0.25, 0.3) is 0 Å². The summed E-state index contributed by atoms with van der Waals surface area (Å²) >= 11 is 0. The summed E-state index contributed by atoms with van der Waals surface area (Å²) in [6.07, 6.45) is 0.128. The fraction of sp³-hybridized carbons (Fsp3) is 0.200. The van der Waals surface area contributed by atoms with Crippen LogP contribution in [-0.2, 0) is 20.7 Å². The lowest BCUT2D eigenvalue weighted by molar-refractivity contribution is -0.156. The van der Waals surface area contributed by atoms with Crippen LogP contribution < -0.4 is 0 Å². The molecular weight excluding hydrogens is 244 g/mol. The molecule has 1 N–H and O–H groups in total. The van der Waals surface area contributed by atoms with Gasteiger partial charge in [0.15, 0.2) is 5.92 Å². The SMILES string of the molecule is COC(=O)C(Cc1cccc2ccccc12)C(=O)O. The van der Waals surface area contributed by atoms with Crippen LogP contribution in [0.15, 0.2) is 42.5 Å². The molecule has 1 unspecified atom stereocenters. The zero-order valence-electron chi connectivity index (χ0n) is 10.5. The number of hydrogen-bond acceptors (Lipinski definition) is 3. The molecule has 0 bridgehead atoms. The minimum atomic E-state index is -1.17. The Morgan fingerprint density at radius 1 is 1.16 bits per heavy atom. The van der Waals surface area contributed by atoms with E-state index in [1.165, 1.54) is 7.11 Å². The first-order valence-corrected chi connectivity index (χ1v) is 5.90. The molecule has 1 atom stereocenters. The molecule has 0 fully saturated rings. The predicted octanol–water partition coefficient (Wildman–Crippen LogP) is 2.26. The number of carboxylic acid groups (broad SMARTS) is 1. The van der Waals surface area contributed by atoms with Gasteiger partial charge in [-0.1, -0.05) is 42.5 Å². The predicted molar refractivity (Wildman–Crippen MR) is 70.8 cm³/mol. The summed E-state index contributed by atoms with van der Waals surface area (Å²) in [6.45, 7) is 0. The molecule has 0 heterocycles. The zero-order valence-corrected chi connectivity index (χ0v) is 10.5. The van der Waals surface area contributed by atoms with Crippen LogP contribution in [-0.4, -0.2) is 24.2 Å². The lowest BCUT2D eigenvalue weighted by Gasteiger charge is -2.12. The van der Waals surface area contributed by atoms with E-state index in [2.05, 4.69) is 4.74 Å². The summed E-state index contributed by atoms with van der Waals surface area (Å²) in [7, 11) is 1.20. The quantitative estimate of drug-likeness (QED) is 0.675. The molecule has 0 saturated heterocycles. The van der Waals surface area contributed by atoms with Crippen LogP contribution in [0.1, 0.15) is 5.56 Å². The van der Waals surface area contributed by atoms with Crippen LogP contribution in [0.5, 0.6) is 0 Å². The summed E-state index contributed by atoms with van der Waals surface area (Å²) < 4.78 is 4.54. The molecule has 98 valence electrons. The molecular formula is C15H14O4. The molecule has 0 aromatic heterocycles. The summed E-state index contributed by atoms with van der Waals surface area (Å²) in [6, 6.07) is 13.3. The van der Waals surface area contributed by atoms with Crippen LogP contribution in [0.3, 0.4) is 0 Å². The Labute approximate surface area is 110 Å². The van der Waals surface area contributed by atoms with Gasteiger partial charge in [0.1, 0.15) is 0 Å². The van der Waals surface area contributed by atoms with E-state index in [1.807, 2.05) is 42.5 Å². The summed E-state index contributed by atoms with van der Waals surface area (Å²) in [5.74, 6) is -3.06. The molecule has 4 nitrogen and oxygen atoms in total. The monoisotopic (exact) mass is 258 g/mol. The zero-order chi connectivity index (χ0) is 13.8.